The summed E-state index contributed by atoms with van der Waals surface area (Å²) in [5.74, 6) is 0. The molecule has 0 aromatic heterocycles. The summed E-state index contributed by atoms with van der Waals surface area (Å²) >= 11 is 0. The van der Waals surface area contributed by atoms with E-state index in [9.17, 15) is 0 Å². The van der Waals surface area contributed by atoms with E-state index in [1.54, 1.807) is 0 Å². The van der Waals surface area contributed by atoms with Gasteiger partial charge in [0.1, 0.15) is 0 Å². The Balaban J connectivity index is 2.14. The molecule has 22 heavy (non-hydrogen) atoms. The molecule has 3 heteroatoms. The molecule has 0 N–H and O–H groups in total. The summed E-state index contributed by atoms with van der Waals surface area (Å²) in [4.78, 5) is 0. The van der Waals surface area contributed by atoms with Crippen LogP contribution in [0.2, 0.25) is 11.1 Å². The summed E-state index contributed by atoms with van der Waals surface area (Å²) in [6, 6.07) is 0. The van der Waals surface area contributed by atoms with Crippen LogP contribution in [0.1, 0.15) is 97.3 Å². The average molecular weight is 327 g/mol. The van der Waals surface area contributed by atoms with Gasteiger partial charge in [-0.1, -0.05) is 57.8 Å². The first-order chi connectivity index (χ1) is 10.8. The first kappa shape index (κ1) is 18.5. The topological polar surface area (TPSA) is 18.5 Å². The molecule has 0 heterocycles. The van der Waals surface area contributed by atoms with Gasteiger partial charge in [-0.2, -0.15) is 0 Å². The molecule has 0 aromatic rings. The Kier molecular flexibility index (Phi) is 8.48. The fourth-order valence-corrected chi connectivity index (χ4v) is 9.86. The lowest BCUT2D eigenvalue weighted by Crippen LogP contribution is -2.51. The van der Waals surface area contributed by atoms with Crippen LogP contribution in [0.3, 0.4) is 0 Å². The summed E-state index contributed by atoms with van der Waals surface area (Å²) < 4.78 is 13.2. The van der Waals surface area contributed by atoms with E-state index in [0.29, 0.717) is 0 Å². The van der Waals surface area contributed by atoms with Crippen molar-refractivity contribution in [2.75, 3.05) is 13.2 Å². The molecule has 2 aliphatic carbocycles. The van der Waals surface area contributed by atoms with Crippen molar-refractivity contribution >= 4 is 8.56 Å². The summed E-state index contributed by atoms with van der Waals surface area (Å²) in [7, 11) is -2.06. The zero-order valence-corrected chi connectivity index (χ0v) is 16.1. The van der Waals surface area contributed by atoms with Gasteiger partial charge in [-0.25, -0.2) is 0 Å². The van der Waals surface area contributed by atoms with Crippen LogP contribution in [-0.4, -0.2) is 21.8 Å². The number of hydrogen-bond donors (Lipinski definition) is 0. The van der Waals surface area contributed by atoms with Gasteiger partial charge in [0.15, 0.2) is 0 Å². The van der Waals surface area contributed by atoms with Crippen molar-refractivity contribution in [2.24, 2.45) is 0 Å². The molecule has 0 bridgehead atoms. The smallest absolute Gasteiger partial charge is 0.344 e. The normalized spacial score (nSPS) is 23.7. The number of hydrogen-bond acceptors (Lipinski definition) is 2. The molecule has 2 aliphatic rings. The van der Waals surface area contributed by atoms with Gasteiger partial charge in [-0.15, -0.1) is 0 Å². The Hall–Kier alpha value is 0.137. The zero-order valence-electron chi connectivity index (χ0n) is 15.1. The summed E-state index contributed by atoms with van der Waals surface area (Å²) in [5.41, 5.74) is 1.51. The lowest BCUT2D eigenvalue weighted by Gasteiger charge is -2.41. The monoisotopic (exact) mass is 326 g/mol. The molecule has 0 radical (unpaired) electrons. The van der Waals surface area contributed by atoms with Crippen LogP contribution in [0.5, 0.6) is 0 Å². The molecule has 0 saturated heterocycles. The van der Waals surface area contributed by atoms with Gasteiger partial charge in [0.05, 0.1) is 0 Å². The van der Waals surface area contributed by atoms with Crippen LogP contribution in [0, 0.1) is 0 Å². The number of rotatable bonds is 6. The SMILES string of the molecule is CCO[Si](OCC)(C1CCCCCCCCC1)C1CCCC1. The molecule has 0 unspecified atom stereocenters. The van der Waals surface area contributed by atoms with Crippen LogP contribution in [0.25, 0.3) is 0 Å². The first-order valence-electron chi connectivity index (χ1n) is 10.1. The largest absolute Gasteiger partial charge is 0.394 e. The van der Waals surface area contributed by atoms with Gasteiger partial charge in [0, 0.05) is 24.3 Å². The van der Waals surface area contributed by atoms with E-state index in [4.69, 9.17) is 8.85 Å². The van der Waals surface area contributed by atoms with Gasteiger partial charge in [0.25, 0.3) is 0 Å². The molecule has 2 nitrogen and oxygen atoms in total. The molecule has 130 valence electrons. The van der Waals surface area contributed by atoms with Crippen molar-refractivity contribution < 1.29 is 8.85 Å². The highest BCUT2D eigenvalue weighted by Gasteiger charge is 2.52. The summed E-state index contributed by atoms with van der Waals surface area (Å²) in [5, 5.41) is 0. The summed E-state index contributed by atoms with van der Waals surface area (Å²) in [6.07, 6.45) is 18.2. The Morgan fingerprint density at radius 3 is 1.27 bits per heavy atom. The van der Waals surface area contributed by atoms with E-state index < -0.39 is 8.56 Å². The zero-order chi connectivity index (χ0) is 15.7. The maximum absolute atomic E-state index is 6.58. The fourth-order valence-electron chi connectivity index (χ4n) is 4.84. The Labute approximate surface area is 139 Å². The highest BCUT2D eigenvalue weighted by Crippen LogP contribution is 2.49. The third-order valence-corrected chi connectivity index (χ3v) is 10.7. The molecule has 2 rings (SSSR count). The Morgan fingerprint density at radius 2 is 0.909 bits per heavy atom. The lowest BCUT2D eigenvalue weighted by molar-refractivity contribution is 0.156. The molecule has 0 amide bonds. The molecule has 2 fully saturated rings. The molecular formula is C19H38O2Si. The van der Waals surface area contributed by atoms with Crippen LogP contribution in [0.15, 0.2) is 0 Å². The molecule has 0 aromatic carbocycles. The molecule has 2 saturated carbocycles. The molecule has 0 atom stereocenters. The quantitative estimate of drug-likeness (QED) is 0.530. The van der Waals surface area contributed by atoms with Gasteiger partial charge in [-0.3, -0.25) is 0 Å². The predicted molar refractivity (Wildman–Crippen MR) is 96.5 cm³/mol. The van der Waals surface area contributed by atoms with Crippen molar-refractivity contribution in [1.29, 1.82) is 0 Å². The van der Waals surface area contributed by atoms with Crippen LogP contribution >= 0.6 is 0 Å². The predicted octanol–water partition coefficient (Wildman–Crippen LogP) is 6.34. The second kappa shape index (κ2) is 10.1. The average Bonchev–Trinajstić information content (AvgIpc) is 3.07. The standard InChI is InChI=1S/C19H38O2Si/c1-3-20-22(21-4-2,19-16-12-13-17-19)18-14-10-8-6-5-7-9-11-15-18/h18-19H,3-17H2,1-2H3. The van der Waals surface area contributed by atoms with Crippen LogP contribution in [0.4, 0.5) is 0 Å². The Bertz CT molecular complexity index is 273. The third-order valence-electron chi connectivity index (χ3n) is 5.84. The van der Waals surface area contributed by atoms with E-state index in [-0.39, 0.29) is 0 Å². The van der Waals surface area contributed by atoms with Crippen molar-refractivity contribution in [3.63, 3.8) is 0 Å². The van der Waals surface area contributed by atoms with Crippen molar-refractivity contribution in [3.8, 4) is 0 Å². The molecule has 0 spiro atoms. The second-order valence-corrected chi connectivity index (χ2v) is 11.0. The van der Waals surface area contributed by atoms with Gasteiger partial charge in [-0.05, 0) is 39.5 Å². The van der Waals surface area contributed by atoms with E-state index in [1.807, 2.05) is 0 Å². The van der Waals surface area contributed by atoms with Gasteiger partial charge < -0.3 is 8.85 Å². The minimum Gasteiger partial charge on any atom is -0.394 e. The first-order valence-corrected chi connectivity index (χ1v) is 12.1. The van der Waals surface area contributed by atoms with E-state index >= 15 is 0 Å². The van der Waals surface area contributed by atoms with Crippen LogP contribution in [-0.2, 0) is 8.85 Å². The third kappa shape index (κ3) is 4.81. The van der Waals surface area contributed by atoms with Gasteiger partial charge >= 0.3 is 8.56 Å². The highest BCUT2D eigenvalue weighted by molar-refractivity contribution is 6.70. The highest BCUT2D eigenvalue weighted by atomic mass is 28.4. The maximum atomic E-state index is 6.58. The van der Waals surface area contributed by atoms with E-state index in [1.165, 1.54) is 83.5 Å². The minimum absolute atomic E-state index is 0.744. The van der Waals surface area contributed by atoms with Crippen molar-refractivity contribution in [1.82, 2.24) is 0 Å². The minimum atomic E-state index is -2.06. The molecule has 0 aliphatic heterocycles. The fraction of sp³-hybridized carbons (Fsp3) is 1.00. The van der Waals surface area contributed by atoms with E-state index in [2.05, 4.69) is 13.8 Å². The maximum Gasteiger partial charge on any atom is 0.344 e. The Morgan fingerprint density at radius 1 is 0.591 bits per heavy atom. The second-order valence-electron chi connectivity index (χ2n) is 7.32. The lowest BCUT2D eigenvalue weighted by atomic mass is 10.0. The van der Waals surface area contributed by atoms with Crippen molar-refractivity contribution in [3.05, 3.63) is 0 Å². The van der Waals surface area contributed by atoms with Gasteiger partial charge in [0.2, 0.25) is 0 Å². The molecular weight excluding hydrogens is 288 g/mol. The van der Waals surface area contributed by atoms with Crippen LogP contribution < -0.4 is 0 Å². The summed E-state index contributed by atoms with van der Waals surface area (Å²) in [6.45, 7) is 6.05. The van der Waals surface area contributed by atoms with Crippen molar-refractivity contribution in [2.45, 2.75) is 108 Å². The van der Waals surface area contributed by atoms with E-state index in [0.717, 1.165) is 24.3 Å².